The number of aromatic nitrogens is 2. The lowest BCUT2D eigenvalue weighted by Gasteiger charge is -2.59. The highest BCUT2D eigenvalue weighted by atomic mass is 16.5. The van der Waals surface area contributed by atoms with Crippen LogP contribution in [0.5, 0.6) is 11.5 Å². The monoisotopic (exact) mass is 713 g/mol. The quantitative estimate of drug-likeness (QED) is 0.183. The Morgan fingerprint density at radius 3 is 2.10 bits per heavy atom. The van der Waals surface area contributed by atoms with Crippen molar-refractivity contribution < 1.29 is 29.0 Å². The van der Waals surface area contributed by atoms with Crippen LogP contribution in [0.4, 0.5) is 0 Å². The number of carbonyl (C=O) groups excluding carboxylic acids is 2. The van der Waals surface area contributed by atoms with Crippen molar-refractivity contribution in [2.75, 3.05) is 47.4 Å². The number of carboxylic acid groups (broad SMARTS) is 1. The van der Waals surface area contributed by atoms with Crippen LogP contribution in [-0.2, 0) is 4.79 Å². The number of nitrogens with zero attached hydrogens (tertiary/aromatic N) is 4. The van der Waals surface area contributed by atoms with Crippen molar-refractivity contribution in [1.29, 1.82) is 0 Å². The summed E-state index contributed by atoms with van der Waals surface area (Å²) < 4.78 is 13.3. The molecule has 4 aliphatic rings. The van der Waals surface area contributed by atoms with Gasteiger partial charge in [0.2, 0.25) is 0 Å². The summed E-state index contributed by atoms with van der Waals surface area (Å²) in [5.74, 6) is 0.374. The van der Waals surface area contributed by atoms with Gasteiger partial charge in [-0.15, -0.1) is 0 Å². The van der Waals surface area contributed by atoms with E-state index in [0.29, 0.717) is 52.4 Å². The molecule has 0 saturated heterocycles. The van der Waals surface area contributed by atoms with Crippen molar-refractivity contribution in [3.05, 3.63) is 59.3 Å². The minimum atomic E-state index is -1.32. The Labute approximate surface area is 307 Å². The first-order valence-electron chi connectivity index (χ1n) is 18.9. The molecule has 2 amide bonds. The molecule has 0 unspecified atom stereocenters. The van der Waals surface area contributed by atoms with Gasteiger partial charge in [-0.25, -0.2) is 9.48 Å². The first-order valence-corrected chi connectivity index (χ1v) is 18.9. The van der Waals surface area contributed by atoms with E-state index >= 15 is 0 Å². The summed E-state index contributed by atoms with van der Waals surface area (Å²) in [4.78, 5) is 45.2. The molecule has 0 radical (unpaired) electrons. The van der Waals surface area contributed by atoms with Crippen LogP contribution >= 0.6 is 0 Å². The molecular formula is C41H55N5O6. The van der Waals surface area contributed by atoms with Gasteiger partial charge < -0.3 is 29.7 Å². The van der Waals surface area contributed by atoms with E-state index in [9.17, 15) is 19.5 Å². The van der Waals surface area contributed by atoms with Crippen molar-refractivity contribution in [3.8, 4) is 28.4 Å². The van der Waals surface area contributed by atoms with Gasteiger partial charge in [0, 0.05) is 19.2 Å². The van der Waals surface area contributed by atoms with Gasteiger partial charge in [-0.2, -0.15) is 5.10 Å². The number of amides is 2. The number of hydrogen-bond acceptors (Lipinski definition) is 7. The van der Waals surface area contributed by atoms with Crippen LogP contribution in [0.15, 0.2) is 42.5 Å². The maximum atomic E-state index is 14.3. The summed E-state index contributed by atoms with van der Waals surface area (Å²) in [6, 6.07) is 12.8. The van der Waals surface area contributed by atoms with Crippen molar-refractivity contribution in [3.63, 3.8) is 0 Å². The van der Waals surface area contributed by atoms with E-state index < -0.39 is 17.4 Å². The van der Waals surface area contributed by atoms with Gasteiger partial charge in [-0.05, 0) is 130 Å². The topological polar surface area (TPSA) is 126 Å². The first-order chi connectivity index (χ1) is 24.9. The Hall–Kier alpha value is -4.38. The molecule has 2 aromatic carbocycles. The van der Waals surface area contributed by atoms with E-state index in [2.05, 4.69) is 37.9 Å². The van der Waals surface area contributed by atoms with Crippen LogP contribution in [0.2, 0.25) is 0 Å². The SMILES string of the molecule is CCN(CC)CCCN(C)C(=O)c1ccc(-n2nc(C(=O)NC3(C(=O)O)C4CC5CC(C4)CC3C5)cc2-c2c(OC)cccc2OC)c(C(C)C)c1. The Kier molecular flexibility index (Phi) is 11.0. The molecule has 1 aromatic heterocycles. The summed E-state index contributed by atoms with van der Waals surface area (Å²) in [6.45, 7) is 11.9. The van der Waals surface area contributed by atoms with Gasteiger partial charge in [0.15, 0.2) is 5.69 Å². The Bertz CT molecular complexity index is 1750. The zero-order valence-electron chi connectivity index (χ0n) is 31.8. The van der Waals surface area contributed by atoms with Crippen molar-refractivity contribution in [2.24, 2.45) is 23.7 Å². The summed E-state index contributed by atoms with van der Waals surface area (Å²) in [5, 5.41) is 18.7. The van der Waals surface area contributed by atoms with Crippen molar-refractivity contribution >= 4 is 17.8 Å². The lowest BCUT2D eigenvalue weighted by molar-refractivity contribution is -0.163. The van der Waals surface area contributed by atoms with Gasteiger partial charge in [0.1, 0.15) is 17.0 Å². The number of carboxylic acids is 1. The maximum Gasteiger partial charge on any atom is 0.330 e. The number of ether oxygens (including phenoxy) is 2. The van der Waals surface area contributed by atoms with Crippen molar-refractivity contribution in [1.82, 2.24) is 24.9 Å². The predicted molar refractivity (Wildman–Crippen MR) is 200 cm³/mol. The highest BCUT2D eigenvalue weighted by molar-refractivity contribution is 5.98. The number of aliphatic carboxylic acids is 1. The van der Waals surface area contributed by atoms with Crippen LogP contribution in [0, 0.1) is 23.7 Å². The number of rotatable bonds is 15. The van der Waals surface area contributed by atoms with Crippen LogP contribution in [0.1, 0.15) is 98.5 Å². The molecule has 0 aliphatic heterocycles. The molecule has 3 aromatic rings. The number of nitrogens with one attached hydrogen (secondary N) is 1. The molecule has 4 aliphatic carbocycles. The average molecular weight is 714 g/mol. The maximum absolute atomic E-state index is 14.3. The van der Waals surface area contributed by atoms with Crippen LogP contribution in [-0.4, -0.2) is 95.5 Å². The Morgan fingerprint density at radius 2 is 1.56 bits per heavy atom. The molecule has 4 saturated carbocycles. The average Bonchev–Trinajstić information content (AvgIpc) is 3.58. The van der Waals surface area contributed by atoms with Gasteiger partial charge in [-0.3, -0.25) is 9.59 Å². The minimum absolute atomic E-state index is 0.00654. The van der Waals surface area contributed by atoms with Gasteiger partial charge in [-0.1, -0.05) is 33.8 Å². The van der Waals surface area contributed by atoms with Gasteiger partial charge in [0.25, 0.3) is 11.8 Å². The number of methoxy groups -OCH3 is 2. The standard InChI is InChI=1S/C41H55N5O6/c1-8-45(9-2)17-11-16-44(5)39(48)28-14-15-33(31(23-28)25(3)4)46-34(37-35(51-6)12-10-13-36(37)52-7)24-32(43-46)38(47)42-41(40(49)50)29-19-26-18-27(21-29)22-30(41)20-26/h10,12-15,23-27,29-30H,8-9,11,16-22H2,1-7H3,(H,42,47)(H,49,50). The summed E-state index contributed by atoms with van der Waals surface area (Å²) in [7, 11) is 4.99. The summed E-state index contributed by atoms with van der Waals surface area (Å²) in [6.07, 6.45) is 5.35. The predicted octanol–water partition coefficient (Wildman–Crippen LogP) is 6.49. The molecule has 11 nitrogen and oxygen atoms in total. The third-order valence-corrected chi connectivity index (χ3v) is 12.1. The first kappa shape index (κ1) is 37.4. The van der Waals surface area contributed by atoms with Crippen LogP contribution in [0.25, 0.3) is 16.9 Å². The minimum Gasteiger partial charge on any atom is -0.496 e. The Balaban J connectivity index is 1.40. The molecule has 0 spiro atoms. The Morgan fingerprint density at radius 1 is 0.942 bits per heavy atom. The van der Waals surface area contributed by atoms with Crippen LogP contribution < -0.4 is 14.8 Å². The van der Waals surface area contributed by atoms with Gasteiger partial charge >= 0.3 is 5.97 Å². The van der Waals surface area contributed by atoms with E-state index in [1.165, 1.54) is 6.42 Å². The number of carbonyl (C=O) groups is 3. The number of hydrogen-bond donors (Lipinski definition) is 2. The fraction of sp³-hybridized carbons (Fsp3) is 0.561. The van der Waals surface area contributed by atoms with Crippen molar-refractivity contribution in [2.45, 2.75) is 77.7 Å². The second-order valence-electron chi connectivity index (χ2n) is 15.3. The third-order valence-electron chi connectivity index (χ3n) is 12.1. The molecule has 1 heterocycles. The fourth-order valence-electron chi connectivity index (χ4n) is 9.48. The molecule has 0 atom stereocenters. The molecule has 7 rings (SSSR count). The third kappa shape index (κ3) is 6.79. The highest BCUT2D eigenvalue weighted by Gasteiger charge is 2.62. The number of benzene rings is 2. The van der Waals surface area contributed by atoms with E-state index in [1.54, 1.807) is 29.9 Å². The second-order valence-corrected chi connectivity index (χ2v) is 15.3. The zero-order valence-corrected chi connectivity index (χ0v) is 31.8. The lowest BCUT2D eigenvalue weighted by atomic mass is 9.48. The van der Waals surface area contributed by atoms with E-state index in [1.807, 2.05) is 43.4 Å². The van der Waals surface area contributed by atoms with E-state index in [0.717, 1.165) is 57.3 Å². The van der Waals surface area contributed by atoms with Gasteiger partial charge in [0.05, 0.1) is 31.2 Å². The fourth-order valence-corrected chi connectivity index (χ4v) is 9.48. The largest absolute Gasteiger partial charge is 0.496 e. The molecule has 4 bridgehead atoms. The normalized spacial score (nSPS) is 23.2. The summed E-state index contributed by atoms with van der Waals surface area (Å²) in [5.41, 5.74) is 2.06. The molecule has 4 fully saturated rings. The molecular weight excluding hydrogens is 658 g/mol. The molecule has 52 heavy (non-hydrogen) atoms. The smallest absolute Gasteiger partial charge is 0.330 e. The van der Waals surface area contributed by atoms with E-state index in [4.69, 9.17) is 14.6 Å². The molecule has 2 N–H and O–H groups in total. The highest BCUT2D eigenvalue weighted by Crippen LogP contribution is 2.58. The van der Waals surface area contributed by atoms with Crippen LogP contribution in [0.3, 0.4) is 0 Å². The summed E-state index contributed by atoms with van der Waals surface area (Å²) >= 11 is 0. The van der Waals surface area contributed by atoms with E-state index in [-0.39, 0.29) is 29.4 Å². The zero-order chi connectivity index (χ0) is 37.3. The molecule has 11 heteroatoms. The molecule has 280 valence electrons. The second kappa shape index (κ2) is 15.3. The lowest BCUT2D eigenvalue weighted by Crippen LogP contribution is -2.70.